The van der Waals surface area contributed by atoms with Crippen molar-refractivity contribution >= 4 is 23.4 Å². The second-order valence-electron chi connectivity index (χ2n) is 6.88. The number of ether oxygens (including phenoxy) is 1. The van der Waals surface area contributed by atoms with Gasteiger partial charge in [-0.05, 0) is 50.3 Å². The summed E-state index contributed by atoms with van der Waals surface area (Å²) in [4.78, 5) is 16.8. The van der Waals surface area contributed by atoms with E-state index >= 15 is 0 Å². The zero-order valence-corrected chi connectivity index (χ0v) is 16.1. The molecule has 7 nitrogen and oxygen atoms in total. The second kappa shape index (κ2) is 7.32. The van der Waals surface area contributed by atoms with Crippen molar-refractivity contribution < 1.29 is 13.7 Å². The van der Waals surface area contributed by atoms with Gasteiger partial charge in [0.25, 0.3) is 0 Å². The first-order chi connectivity index (χ1) is 12.5. The molecule has 0 saturated heterocycles. The molecule has 1 aromatic carbocycles. The lowest BCUT2D eigenvalue weighted by atomic mass is 9.77. The second-order valence-corrected chi connectivity index (χ2v) is 6.88. The fourth-order valence-electron chi connectivity index (χ4n) is 3.36. The van der Waals surface area contributed by atoms with Crippen LogP contribution in [0.25, 0.3) is 11.0 Å². The van der Waals surface area contributed by atoms with E-state index in [-0.39, 0.29) is 18.0 Å². The fraction of sp³-hybridized carbons (Fsp3) is 0.421. The molecule has 0 amide bonds. The number of rotatable bonds is 5. The van der Waals surface area contributed by atoms with Crippen LogP contribution >= 0.6 is 12.4 Å². The number of halogens is 1. The van der Waals surface area contributed by atoms with Crippen LogP contribution in [0.5, 0.6) is 5.75 Å². The van der Waals surface area contributed by atoms with Crippen molar-refractivity contribution in [3.05, 3.63) is 51.5 Å². The van der Waals surface area contributed by atoms with Crippen molar-refractivity contribution in [1.82, 2.24) is 10.1 Å². The molecule has 2 N–H and O–H groups in total. The number of nitrogens with zero attached hydrogens (tertiary/aromatic N) is 2. The minimum absolute atomic E-state index is 0. The van der Waals surface area contributed by atoms with Crippen LogP contribution in [-0.2, 0) is 18.4 Å². The number of methoxy groups -OCH3 is 1. The van der Waals surface area contributed by atoms with E-state index in [1.807, 2.05) is 19.1 Å². The molecule has 27 heavy (non-hydrogen) atoms. The number of aryl methyl sites for hydroxylation is 2. The molecule has 0 spiro atoms. The third-order valence-electron chi connectivity index (χ3n) is 5.24. The average Bonchev–Trinajstić information content (AvgIpc) is 3.08. The van der Waals surface area contributed by atoms with Crippen LogP contribution in [0, 0.1) is 6.92 Å². The smallest absolute Gasteiger partial charge is 0.339 e. The molecule has 8 heteroatoms. The standard InChI is InChI=1S/C19H21N3O4.ClH/c1-11-13-5-4-12(24-2)10-15(13)25-17(23)14(11)6-7-16-21-18(22-26-16)19(20)8-3-9-19;/h4-5,10H,3,6-9,20H2,1-2H3;1H. The summed E-state index contributed by atoms with van der Waals surface area (Å²) in [6.07, 6.45) is 3.78. The summed E-state index contributed by atoms with van der Waals surface area (Å²) in [5.41, 5.74) is 7.46. The van der Waals surface area contributed by atoms with Crippen molar-refractivity contribution in [2.75, 3.05) is 7.11 Å². The first-order valence-electron chi connectivity index (χ1n) is 8.72. The summed E-state index contributed by atoms with van der Waals surface area (Å²) in [5, 5.41) is 4.90. The van der Waals surface area contributed by atoms with Gasteiger partial charge in [0.1, 0.15) is 11.3 Å². The van der Waals surface area contributed by atoms with E-state index in [2.05, 4.69) is 10.1 Å². The predicted octanol–water partition coefficient (Wildman–Crippen LogP) is 3.04. The first-order valence-corrected chi connectivity index (χ1v) is 8.72. The molecule has 0 bridgehead atoms. The molecule has 3 aromatic rings. The summed E-state index contributed by atoms with van der Waals surface area (Å²) in [7, 11) is 1.58. The highest BCUT2D eigenvalue weighted by Crippen LogP contribution is 2.36. The molecule has 1 aliphatic carbocycles. The van der Waals surface area contributed by atoms with E-state index in [9.17, 15) is 4.79 Å². The van der Waals surface area contributed by atoms with Gasteiger partial charge in [0.15, 0.2) is 5.82 Å². The van der Waals surface area contributed by atoms with Gasteiger partial charge in [-0.3, -0.25) is 0 Å². The maximum Gasteiger partial charge on any atom is 0.339 e. The Hall–Kier alpha value is -2.38. The molecule has 1 fully saturated rings. The number of nitrogens with two attached hydrogens (primary N) is 1. The van der Waals surface area contributed by atoms with E-state index in [0.29, 0.717) is 41.5 Å². The Balaban J connectivity index is 0.00000210. The largest absolute Gasteiger partial charge is 0.497 e. The SMILES string of the molecule is COc1ccc2c(C)c(CCc3nc(C4(N)CCC4)no3)c(=O)oc2c1.Cl. The lowest BCUT2D eigenvalue weighted by molar-refractivity contribution is 0.229. The molecular weight excluding hydrogens is 370 g/mol. The van der Waals surface area contributed by atoms with Gasteiger partial charge in [-0.2, -0.15) is 4.98 Å². The summed E-state index contributed by atoms with van der Waals surface area (Å²) in [5.74, 6) is 1.70. The zero-order chi connectivity index (χ0) is 18.3. The van der Waals surface area contributed by atoms with Crippen LogP contribution in [0.1, 0.15) is 42.1 Å². The van der Waals surface area contributed by atoms with E-state index in [1.165, 1.54) is 0 Å². The van der Waals surface area contributed by atoms with Crippen molar-refractivity contribution in [1.29, 1.82) is 0 Å². The topological polar surface area (TPSA) is 104 Å². The van der Waals surface area contributed by atoms with Gasteiger partial charge in [0, 0.05) is 23.4 Å². The maximum atomic E-state index is 12.4. The normalized spacial score (nSPS) is 15.2. The highest BCUT2D eigenvalue weighted by molar-refractivity contribution is 5.85. The third kappa shape index (κ3) is 3.44. The number of hydrogen-bond acceptors (Lipinski definition) is 7. The van der Waals surface area contributed by atoms with E-state index in [1.54, 1.807) is 13.2 Å². The van der Waals surface area contributed by atoms with Crippen LogP contribution in [-0.4, -0.2) is 17.3 Å². The number of benzene rings is 1. The monoisotopic (exact) mass is 391 g/mol. The summed E-state index contributed by atoms with van der Waals surface area (Å²) >= 11 is 0. The fourth-order valence-corrected chi connectivity index (χ4v) is 3.36. The predicted molar refractivity (Wildman–Crippen MR) is 102 cm³/mol. The molecule has 1 saturated carbocycles. The highest BCUT2D eigenvalue weighted by atomic mass is 35.5. The Morgan fingerprint density at radius 2 is 2.07 bits per heavy atom. The van der Waals surface area contributed by atoms with E-state index < -0.39 is 5.54 Å². The molecule has 0 radical (unpaired) electrons. The van der Waals surface area contributed by atoms with Gasteiger partial charge >= 0.3 is 5.63 Å². The van der Waals surface area contributed by atoms with Gasteiger partial charge in [-0.25, -0.2) is 4.79 Å². The van der Waals surface area contributed by atoms with Crippen molar-refractivity contribution in [3.8, 4) is 5.75 Å². The Bertz CT molecular complexity index is 1020. The van der Waals surface area contributed by atoms with Crippen LogP contribution in [0.4, 0.5) is 0 Å². The molecule has 2 heterocycles. The number of hydrogen-bond donors (Lipinski definition) is 1. The molecule has 0 unspecified atom stereocenters. The van der Waals surface area contributed by atoms with Gasteiger partial charge in [0.05, 0.1) is 12.6 Å². The number of aromatic nitrogens is 2. The van der Waals surface area contributed by atoms with Crippen molar-refractivity contribution in [2.24, 2.45) is 5.73 Å². The highest BCUT2D eigenvalue weighted by Gasteiger charge is 2.38. The lowest BCUT2D eigenvalue weighted by Gasteiger charge is -2.34. The lowest BCUT2D eigenvalue weighted by Crippen LogP contribution is -2.44. The molecule has 0 aliphatic heterocycles. The van der Waals surface area contributed by atoms with E-state index in [0.717, 1.165) is 30.2 Å². The van der Waals surface area contributed by atoms with E-state index in [4.69, 9.17) is 19.4 Å². The van der Waals surface area contributed by atoms with Crippen LogP contribution < -0.4 is 16.1 Å². The van der Waals surface area contributed by atoms with Crippen LogP contribution in [0.2, 0.25) is 0 Å². The molecule has 1 aliphatic rings. The maximum absolute atomic E-state index is 12.4. The van der Waals surface area contributed by atoms with Gasteiger partial charge < -0.3 is 19.4 Å². The minimum atomic E-state index is -0.446. The quantitative estimate of drug-likeness (QED) is 0.666. The van der Waals surface area contributed by atoms with Crippen molar-refractivity contribution in [2.45, 2.75) is 44.6 Å². The summed E-state index contributed by atoms with van der Waals surface area (Å²) in [6.45, 7) is 1.92. The van der Waals surface area contributed by atoms with Crippen molar-refractivity contribution in [3.63, 3.8) is 0 Å². The Kier molecular flexibility index (Phi) is 5.26. The summed E-state index contributed by atoms with van der Waals surface area (Å²) < 4.78 is 16.0. The molecule has 4 rings (SSSR count). The van der Waals surface area contributed by atoms with Crippen LogP contribution in [0.3, 0.4) is 0 Å². The Labute approximate surface area is 162 Å². The minimum Gasteiger partial charge on any atom is -0.497 e. The molecular formula is C19H22ClN3O4. The zero-order valence-electron chi connectivity index (χ0n) is 15.3. The molecule has 2 aromatic heterocycles. The molecule has 0 atom stereocenters. The first kappa shape index (κ1) is 19.4. The van der Waals surface area contributed by atoms with Gasteiger partial charge in [0.2, 0.25) is 5.89 Å². The van der Waals surface area contributed by atoms with Crippen LogP contribution in [0.15, 0.2) is 31.9 Å². The third-order valence-corrected chi connectivity index (χ3v) is 5.24. The van der Waals surface area contributed by atoms with Gasteiger partial charge in [-0.1, -0.05) is 5.16 Å². The Morgan fingerprint density at radius 3 is 2.74 bits per heavy atom. The molecule has 144 valence electrons. The average molecular weight is 392 g/mol. The Morgan fingerprint density at radius 1 is 1.30 bits per heavy atom. The number of fused-ring (bicyclic) bond motifs is 1. The van der Waals surface area contributed by atoms with Gasteiger partial charge in [-0.15, -0.1) is 12.4 Å². The summed E-state index contributed by atoms with van der Waals surface area (Å²) in [6, 6.07) is 5.47.